The van der Waals surface area contributed by atoms with Gasteiger partial charge in [0, 0.05) is 13.2 Å². The van der Waals surface area contributed by atoms with Gasteiger partial charge in [-0.2, -0.15) is 0 Å². The maximum atomic E-state index is 6.29. The number of aromatic nitrogens is 3. The Hall–Kier alpha value is -2.20. The number of hydrogen-bond donors (Lipinski definition) is 1. The first kappa shape index (κ1) is 11.9. The Bertz CT molecular complexity index is 688. The van der Waals surface area contributed by atoms with Crippen LogP contribution in [-0.4, -0.2) is 14.5 Å². The van der Waals surface area contributed by atoms with Crippen molar-refractivity contribution in [3.05, 3.63) is 60.2 Å². The summed E-state index contributed by atoms with van der Waals surface area (Å²) in [6.07, 6.45) is 4.33. The molecular weight excluding hydrogens is 236 g/mol. The molecule has 0 aliphatic heterocycles. The van der Waals surface area contributed by atoms with E-state index < -0.39 is 0 Å². The van der Waals surface area contributed by atoms with Crippen LogP contribution in [0.2, 0.25) is 0 Å². The van der Waals surface area contributed by atoms with E-state index in [1.165, 1.54) is 5.56 Å². The number of nitrogens with zero attached hydrogens (tertiary/aromatic N) is 3. The smallest absolute Gasteiger partial charge is 0.127 e. The van der Waals surface area contributed by atoms with Crippen LogP contribution in [0.25, 0.3) is 11.0 Å². The van der Waals surface area contributed by atoms with Gasteiger partial charge in [-0.05, 0) is 18.1 Å². The highest BCUT2D eigenvalue weighted by Crippen LogP contribution is 2.20. The summed E-state index contributed by atoms with van der Waals surface area (Å²) in [6.45, 7) is 0. The van der Waals surface area contributed by atoms with Gasteiger partial charge in [-0.3, -0.25) is 4.98 Å². The number of nitrogens with two attached hydrogens (primary N) is 1. The topological polar surface area (TPSA) is 56.7 Å². The van der Waals surface area contributed by atoms with Gasteiger partial charge in [-0.1, -0.05) is 30.3 Å². The summed E-state index contributed by atoms with van der Waals surface area (Å²) in [7, 11) is 2.00. The number of hydrogen-bond acceptors (Lipinski definition) is 3. The predicted octanol–water partition coefficient (Wildman–Crippen LogP) is 2.21. The molecule has 0 radical (unpaired) electrons. The fraction of sp³-hybridized carbons (Fsp3) is 0.200. The van der Waals surface area contributed by atoms with Crippen LogP contribution in [-0.2, 0) is 13.5 Å². The maximum absolute atomic E-state index is 6.29. The van der Waals surface area contributed by atoms with Crippen molar-refractivity contribution in [2.45, 2.75) is 12.5 Å². The number of pyridine rings is 1. The molecule has 96 valence electrons. The number of benzene rings is 1. The van der Waals surface area contributed by atoms with E-state index in [1.54, 1.807) is 12.4 Å². The Labute approximate surface area is 111 Å². The molecule has 0 saturated carbocycles. The molecule has 0 fully saturated rings. The normalized spacial score (nSPS) is 12.7. The Kier molecular flexibility index (Phi) is 3.01. The third-order valence-electron chi connectivity index (χ3n) is 3.35. The van der Waals surface area contributed by atoms with Gasteiger partial charge in [-0.25, -0.2) is 4.98 Å². The van der Waals surface area contributed by atoms with E-state index in [0.717, 1.165) is 23.3 Å². The Morgan fingerprint density at radius 2 is 2.00 bits per heavy atom. The highest BCUT2D eigenvalue weighted by Gasteiger charge is 2.15. The number of rotatable bonds is 3. The van der Waals surface area contributed by atoms with Gasteiger partial charge in [-0.15, -0.1) is 0 Å². The van der Waals surface area contributed by atoms with E-state index in [4.69, 9.17) is 5.73 Å². The van der Waals surface area contributed by atoms with Gasteiger partial charge in [0.25, 0.3) is 0 Å². The Morgan fingerprint density at radius 3 is 2.74 bits per heavy atom. The molecule has 0 spiro atoms. The zero-order chi connectivity index (χ0) is 13.2. The molecule has 0 aliphatic rings. The molecule has 1 unspecified atom stereocenters. The number of fused-ring (bicyclic) bond motifs is 1. The molecule has 2 N–H and O–H groups in total. The van der Waals surface area contributed by atoms with Gasteiger partial charge in [0.1, 0.15) is 11.3 Å². The van der Waals surface area contributed by atoms with Crippen LogP contribution in [0.15, 0.2) is 48.8 Å². The fourth-order valence-electron chi connectivity index (χ4n) is 2.36. The molecule has 0 bridgehead atoms. The molecule has 3 aromatic rings. The van der Waals surface area contributed by atoms with E-state index >= 15 is 0 Å². The first-order valence-electron chi connectivity index (χ1n) is 6.31. The molecule has 1 atom stereocenters. The van der Waals surface area contributed by atoms with Crippen LogP contribution in [0.3, 0.4) is 0 Å². The van der Waals surface area contributed by atoms with Crippen LogP contribution >= 0.6 is 0 Å². The predicted molar refractivity (Wildman–Crippen MR) is 75.6 cm³/mol. The Balaban J connectivity index is 1.93. The minimum atomic E-state index is -0.111. The summed E-state index contributed by atoms with van der Waals surface area (Å²) < 4.78 is 2.05. The summed E-state index contributed by atoms with van der Waals surface area (Å²) in [4.78, 5) is 8.68. The lowest BCUT2D eigenvalue weighted by atomic mass is 10.1. The molecular formula is C15H16N4. The molecule has 0 saturated heterocycles. The zero-order valence-corrected chi connectivity index (χ0v) is 10.8. The van der Waals surface area contributed by atoms with Crippen LogP contribution in [0.4, 0.5) is 0 Å². The molecule has 1 aromatic carbocycles. The van der Waals surface area contributed by atoms with Gasteiger partial charge in [0.15, 0.2) is 0 Å². The van der Waals surface area contributed by atoms with E-state index in [2.05, 4.69) is 22.1 Å². The number of imidazole rings is 1. The third-order valence-corrected chi connectivity index (χ3v) is 3.35. The molecule has 0 amide bonds. The monoisotopic (exact) mass is 252 g/mol. The van der Waals surface area contributed by atoms with Gasteiger partial charge in [0.2, 0.25) is 0 Å². The summed E-state index contributed by atoms with van der Waals surface area (Å²) in [5.74, 6) is 0.895. The van der Waals surface area contributed by atoms with Gasteiger partial charge < -0.3 is 10.3 Å². The van der Waals surface area contributed by atoms with Crippen LogP contribution in [0.1, 0.15) is 17.4 Å². The van der Waals surface area contributed by atoms with Crippen molar-refractivity contribution in [3.8, 4) is 0 Å². The first-order valence-corrected chi connectivity index (χ1v) is 6.31. The first-order chi connectivity index (χ1) is 9.25. The molecule has 0 aliphatic carbocycles. The van der Waals surface area contributed by atoms with Crippen LogP contribution in [0, 0.1) is 0 Å². The van der Waals surface area contributed by atoms with Crippen molar-refractivity contribution >= 4 is 11.0 Å². The average molecular weight is 252 g/mol. The van der Waals surface area contributed by atoms with Crippen LogP contribution in [0.5, 0.6) is 0 Å². The summed E-state index contributed by atoms with van der Waals surface area (Å²) in [6, 6.07) is 12.1. The Morgan fingerprint density at radius 1 is 1.21 bits per heavy atom. The molecule has 2 aromatic heterocycles. The lowest BCUT2D eigenvalue weighted by molar-refractivity contribution is 0.638. The lowest BCUT2D eigenvalue weighted by Crippen LogP contribution is -2.17. The SMILES string of the molecule is Cn1c(C(N)Cc2ccccc2)nc2cnccc21. The highest BCUT2D eigenvalue weighted by molar-refractivity contribution is 5.74. The quantitative estimate of drug-likeness (QED) is 0.777. The minimum absolute atomic E-state index is 0.111. The maximum Gasteiger partial charge on any atom is 0.127 e. The summed E-state index contributed by atoms with van der Waals surface area (Å²) in [5.41, 5.74) is 9.47. The van der Waals surface area contributed by atoms with Crippen molar-refractivity contribution in [2.24, 2.45) is 12.8 Å². The molecule has 3 rings (SSSR count). The summed E-state index contributed by atoms with van der Waals surface area (Å²) >= 11 is 0. The lowest BCUT2D eigenvalue weighted by Gasteiger charge is -2.11. The van der Waals surface area contributed by atoms with Gasteiger partial charge in [0.05, 0.1) is 17.8 Å². The second kappa shape index (κ2) is 4.82. The molecule has 19 heavy (non-hydrogen) atoms. The van der Waals surface area contributed by atoms with E-state index in [-0.39, 0.29) is 6.04 Å². The number of aryl methyl sites for hydroxylation is 1. The molecule has 2 heterocycles. The third kappa shape index (κ3) is 2.22. The summed E-state index contributed by atoms with van der Waals surface area (Å²) in [5, 5.41) is 0. The largest absolute Gasteiger partial charge is 0.330 e. The van der Waals surface area contributed by atoms with Crippen molar-refractivity contribution in [3.63, 3.8) is 0 Å². The molecule has 4 heteroatoms. The average Bonchev–Trinajstić information content (AvgIpc) is 2.78. The van der Waals surface area contributed by atoms with Gasteiger partial charge >= 0.3 is 0 Å². The van der Waals surface area contributed by atoms with Crippen molar-refractivity contribution in [1.82, 2.24) is 14.5 Å². The van der Waals surface area contributed by atoms with E-state index in [1.807, 2.05) is 35.9 Å². The second-order valence-corrected chi connectivity index (χ2v) is 4.69. The highest BCUT2D eigenvalue weighted by atomic mass is 15.1. The van der Waals surface area contributed by atoms with E-state index in [0.29, 0.717) is 0 Å². The standard InChI is InChI=1S/C15H16N4/c1-19-14-7-8-17-10-13(14)18-15(19)12(16)9-11-5-3-2-4-6-11/h2-8,10,12H,9,16H2,1H3. The van der Waals surface area contributed by atoms with Crippen molar-refractivity contribution in [1.29, 1.82) is 0 Å². The molecule has 4 nitrogen and oxygen atoms in total. The van der Waals surface area contributed by atoms with Crippen molar-refractivity contribution < 1.29 is 0 Å². The van der Waals surface area contributed by atoms with Crippen molar-refractivity contribution in [2.75, 3.05) is 0 Å². The van der Waals surface area contributed by atoms with Crippen LogP contribution < -0.4 is 5.73 Å². The minimum Gasteiger partial charge on any atom is -0.330 e. The fourth-order valence-corrected chi connectivity index (χ4v) is 2.36. The second-order valence-electron chi connectivity index (χ2n) is 4.69. The zero-order valence-electron chi connectivity index (χ0n) is 10.8. The van der Waals surface area contributed by atoms with E-state index in [9.17, 15) is 0 Å².